The first-order valence-electron chi connectivity index (χ1n) is 10.2. The monoisotopic (exact) mass is 415 g/mol. The number of carbonyl (C=O) groups excluding carboxylic acids is 2. The fraction of sp³-hybridized carbons (Fsp3) is 0.240. The molecule has 0 atom stereocenters. The number of aryl methyl sites for hydroxylation is 2. The number of rotatable bonds is 5. The summed E-state index contributed by atoms with van der Waals surface area (Å²) in [6.45, 7) is 1.84. The van der Waals surface area contributed by atoms with Crippen LogP contribution in [0.25, 0.3) is 21.8 Å². The zero-order chi connectivity index (χ0) is 22.3. The molecule has 0 fully saturated rings. The molecule has 0 radical (unpaired) electrons. The molecular weight excluding hydrogens is 390 g/mol. The van der Waals surface area contributed by atoms with Crippen LogP contribution >= 0.6 is 0 Å². The van der Waals surface area contributed by atoms with Crippen molar-refractivity contribution < 1.29 is 14.7 Å². The van der Waals surface area contributed by atoms with Crippen molar-refractivity contribution in [1.29, 1.82) is 0 Å². The van der Waals surface area contributed by atoms with Crippen LogP contribution in [-0.2, 0) is 13.5 Å². The molecule has 6 heteroatoms. The van der Waals surface area contributed by atoms with Crippen molar-refractivity contribution >= 4 is 33.5 Å². The van der Waals surface area contributed by atoms with Crippen LogP contribution in [-0.4, -0.2) is 45.3 Å². The highest BCUT2D eigenvalue weighted by Gasteiger charge is 2.23. The zero-order valence-electron chi connectivity index (χ0n) is 18.1. The molecule has 0 bridgehead atoms. The number of imidazole rings is 1. The second kappa shape index (κ2) is 7.87. The number of carbonyl (C=O) groups is 2. The molecule has 1 aromatic heterocycles. The maximum Gasteiger partial charge on any atom is 0.253 e. The summed E-state index contributed by atoms with van der Waals surface area (Å²) in [5.74, 6) is 0.450. The number of benzene rings is 3. The van der Waals surface area contributed by atoms with Gasteiger partial charge in [0.05, 0.1) is 5.52 Å². The van der Waals surface area contributed by atoms with Crippen LogP contribution in [0.4, 0.5) is 0 Å². The quantitative estimate of drug-likeness (QED) is 0.494. The Kier molecular flexibility index (Phi) is 5.23. The summed E-state index contributed by atoms with van der Waals surface area (Å²) >= 11 is 0. The molecule has 4 aromatic rings. The molecule has 31 heavy (non-hydrogen) atoms. The standard InChI is InChI=1S/C25H25N3O3/c1-15-26-23-21(28(15)4)14-20(25(31)27(2)3)19(24(23)30)11-12-22(29)18-10-9-16-7-5-6-8-17(16)13-18/h5-10,13-14,30H,11-12H2,1-4H3. The van der Waals surface area contributed by atoms with Crippen LogP contribution in [0.3, 0.4) is 0 Å². The van der Waals surface area contributed by atoms with E-state index in [4.69, 9.17) is 0 Å². The first kappa shape index (κ1) is 20.6. The Labute approximate surface area is 180 Å². The van der Waals surface area contributed by atoms with Gasteiger partial charge in [0.2, 0.25) is 0 Å². The second-order valence-corrected chi connectivity index (χ2v) is 8.02. The number of fused-ring (bicyclic) bond motifs is 2. The summed E-state index contributed by atoms with van der Waals surface area (Å²) in [5, 5.41) is 13.0. The Balaban J connectivity index is 1.70. The average Bonchev–Trinajstić information content (AvgIpc) is 3.06. The van der Waals surface area contributed by atoms with Crippen molar-refractivity contribution in [3.05, 3.63) is 71.0 Å². The topological polar surface area (TPSA) is 75.4 Å². The number of amides is 1. The Bertz CT molecular complexity index is 1340. The summed E-state index contributed by atoms with van der Waals surface area (Å²) in [6, 6.07) is 15.3. The lowest BCUT2D eigenvalue weighted by molar-refractivity contribution is 0.0825. The van der Waals surface area contributed by atoms with E-state index in [0.29, 0.717) is 27.7 Å². The third-order valence-corrected chi connectivity index (χ3v) is 5.79. The normalized spacial score (nSPS) is 11.2. The number of hydrogen-bond donors (Lipinski definition) is 1. The molecule has 4 rings (SSSR count). The number of ketones is 1. The number of aromatic hydroxyl groups is 1. The highest BCUT2D eigenvalue weighted by atomic mass is 16.3. The van der Waals surface area contributed by atoms with Gasteiger partial charge in [-0.15, -0.1) is 0 Å². The minimum Gasteiger partial charge on any atom is -0.505 e. The van der Waals surface area contributed by atoms with Gasteiger partial charge in [0.1, 0.15) is 17.1 Å². The van der Waals surface area contributed by atoms with Crippen LogP contribution in [0.1, 0.15) is 38.5 Å². The molecule has 0 aliphatic rings. The second-order valence-electron chi connectivity index (χ2n) is 8.02. The molecule has 6 nitrogen and oxygen atoms in total. The van der Waals surface area contributed by atoms with Gasteiger partial charge in [-0.25, -0.2) is 4.98 Å². The Morgan fingerprint density at radius 2 is 1.77 bits per heavy atom. The summed E-state index contributed by atoms with van der Waals surface area (Å²) in [6.07, 6.45) is 0.425. The number of nitrogens with zero attached hydrogens (tertiary/aromatic N) is 3. The van der Waals surface area contributed by atoms with Crippen molar-refractivity contribution in [3.8, 4) is 5.75 Å². The summed E-state index contributed by atoms with van der Waals surface area (Å²) in [5.41, 5.74) is 2.60. The summed E-state index contributed by atoms with van der Waals surface area (Å²) < 4.78 is 1.84. The molecule has 158 valence electrons. The molecule has 3 aromatic carbocycles. The minimum absolute atomic E-state index is 0.0299. The van der Waals surface area contributed by atoms with Crippen LogP contribution in [0.2, 0.25) is 0 Å². The number of hydrogen-bond acceptors (Lipinski definition) is 4. The van der Waals surface area contributed by atoms with Gasteiger partial charge in [-0.1, -0.05) is 36.4 Å². The fourth-order valence-corrected chi connectivity index (χ4v) is 3.89. The Hall–Kier alpha value is -3.67. The third-order valence-electron chi connectivity index (χ3n) is 5.79. The number of aromatic nitrogens is 2. The maximum absolute atomic E-state index is 12.9. The molecule has 0 spiro atoms. The lowest BCUT2D eigenvalue weighted by Gasteiger charge is -2.16. The van der Waals surface area contributed by atoms with Crippen molar-refractivity contribution in [3.63, 3.8) is 0 Å². The Morgan fingerprint density at radius 3 is 2.48 bits per heavy atom. The van der Waals surface area contributed by atoms with E-state index in [9.17, 15) is 14.7 Å². The maximum atomic E-state index is 12.9. The van der Waals surface area contributed by atoms with Crippen LogP contribution in [0, 0.1) is 6.92 Å². The van der Waals surface area contributed by atoms with Gasteiger partial charge >= 0.3 is 0 Å². The summed E-state index contributed by atoms with van der Waals surface area (Å²) in [4.78, 5) is 31.7. The molecular formula is C25H25N3O3. The average molecular weight is 415 g/mol. The van der Waals surface area contributed by atoms with E-state index < -0.39 is 0 Å². The number of Topliss-reactive ketones (excluding diaryl/α,β-unsaturated/α-hetero) is 1. The van der Waals surface area contributed by atoms with Gasteiger partial charge in [0.15, 0.2) is 5.78 Å². The van der Waals surface area contributed by atoms with Gasteiger partial charge in [0.25, 0.3) is 5.91 Å². The lowest BCUT2D eigenvalue weighted by Crippen LogP contribution is -2.23. The van der Waals surface area contributed by atoms with Crippen molar-refractivity contribution in [2.45, 2.75) is 19.8 Å². The SMILES string of the molecule is Cc1nc2c(O)c(CCC(=O)c3ccc4ccccc4c3)c(C(=O)N(C)C)cc2n1C. The molecule has 1 N–H and O–H groups in total. The fourth-order valence-electron chi connectivity index (χ4n) is 3.89. The van der Waals surface area contributed by atoms with E-state index in [2.05, 4.69) is 4.98 Å². The summed E-state index contributed by atoms with van der Waals surface area (Å²) in [7, 11) is 5.18. The van der Waals surface area contributed by atoms with Gasteiger partial charge in [-0.2, -0.15) is 0 Å². The van der Waals surface area contributed by atoms with E-state index in [1.807, 2.05) is 61.0 Å². The van der Waals surface area contributed by atoms with Crippen molar-refractivity contribution in [1.82, 2.24) is 14.5 Å². The number of phenolic OH excluding ortho intramolecular Hbond substituents is 1. The lowest BCUT2D eigenvalue weighted by atomic mass is 9.95. The van der Waals surface area contributed by atoms with Crippen molar-refractivity contribution in [2.75, 3.05) is 14.1 Å². The van der Waals surface area contributed by atoms with Crippen molar-refractivity contribution in [2.24, 2.45) is 7.05 Å². The highest BCUT2D eigenvalue weighted by molar-refractivity contribution is 6.03. The van der Waals surface area contributed by atoms with Gasteiger partial charge in [-0.3, -0.25) is 9.59 Å². The van der Waals surface area contributed by atoms with Crippen LogP contribution in [0.15, 0.2) is 48.5 Å². The zero-order valence-corrected chi connectivity index (χ0v) is 18.1. The largest absolute Gasteiger partial charge is 0.505 e. The minimum atomic E-state index is -0.218. The van der Waals surface area contributed by atoms with E-state index in [1.165, 1.54) is 4.90 Å². The van der Waals surface area contributed by atoms with Gasteiger partial charge in [-0.05, 0) is 36.2 Å². The predicted octanol–water partition coefficient (Wildman–Crippen LogP) is 4.26. The molecule has 1 amide bonds. The Morgan fingerprint density at radius 1 is 1.06 bits per heavy atom. The van der Waals surface area contributed by atoms with E-state index >= 15 is 0 Å². The third kappa shape index (κ3) is 3.65. The molecule has 0 unspecified atom stereocenters. The van der Waals surface area contributed by atoms with E-state index in [1.54, 1.807) is 20.2 Å². The first-order chi connectivity index (χ1) is 14.8. The molecule has 0 aliphatic heterocycles. The van der Waals surface area contributed by atoms with Crippen LogP contribution in [0.5, 0.6) is 5.75 Å². The molecule has 0 saturated heterocycles. The van der Waals surface area contributed by atoms with E-state index in [0.717, 1.165) is 16.6 Å². The smallest absolute Gasteiger partial charge is 0.253 e. The van der Waals surface area contributed by atoms with Gasteiger partial charge in [0, 0.05) is 44.3 Å². The predicted molar refractivity (Wildman–Crippen MR) is 122 cm³/mol. The number of phenols is 1. The van der Waals surface area contributed by atoms with Crippen LogP contribution < -0.4 is 0 Å². The molecule has 0 saturated carbocycles. The molecule has 1 heterocycles. The molecule has 0 aliphatic carbocycles. The van der Waals surface area contributed by atoms with Gasteiger partial charge < -0.3 is 14.6 Å². The highest BCUT2D eigenvalue weighted by Crippen LogP contribution is 2.33. The van der Waals surface area contributed by atoms with E-state index in [-0.39, 0.29) is 30.3 Å². The first-order valence-corrected chi connectivity index (χ1v) is 10.2.